The predicted molar refractivity (Wildman–Crippen MR) is 124 cm³/mol. The Morgan fingerprint density at radius 1 is 1.17 bits per heavy atom. The molecule has 1 unspecified atom stereocenters. The summed E-state index contributed by atoms with van der Waals surface area (Å²) >= 11 is 6.13. The highest BCUT2D eigenvalue weighted by atomic mass is 35.5. The second-order valence-electron chi connectivity index (χ2n) is 7.41. The van der Waals surface area contributed by atoms with E-state index in [1.165, 1.54) is 0 Å². The maximum Gasteiger partial charge on any atom is 0.194 e. The van der Waals surface area contributed by atoms with E-state index in [1.54, 1.807) is 14.2 Å². The highest BCUT2D eigenvalue weighted by Crippen LogP contribution is 2.31. The zero-order chi connectivity index (χ0) is 22.3. The molecular formula is C22H34ClN5O2. The van der Waals surface area contributed by atoms with E-state index in [-0.39, 0.29) is 6.04 Å². The van der Waals surface area contributed by atoms with Crippen LogP contribution in [0.3, 0.4) is 0 Å². The molecule has 0 radical (unpaired) electrons. The molecule has 0 spiro atoms. The van der Waals surface area contributed by atoms with Crippen LogP contribution in [0.1, 0.15) is 24.2 Å². The van der Waals surface area contributed by atoms with Crippen LogP contribution in [0.25, 0.3) is 0 Å². The molecule has 0 saturated heterocycles. The molecule has 2 aromatic rings. The molecule has 8 heteroatoms. The zero-order valence-electron chi connectivity index (χ0n) is 19.1. The van der Waals surface area contributed by atoms with Gasteiger partial charge in [0.05, 0.1) is 38.4 Å². The Balaban J connectivity index is 2.23. The van der Waals surface area contributed by atoms with Gasteiger partial charge in [-0.15, -0.1) is 0 Å². The van der Waals surface area contributed by atoms with Gasteiger partial charge in [-0.1, -0.05) is 17.7 Å². The molecule has 30 heavy (non-hydrogen) atoms. The molecule has 1 aromatic heterocycles. The summed E-state index contributed by atoms with van der Waals surface area (Å²) in [5, 5.41) is 4.13. The molecule has 0 saturated carbocycles. The zero-order valence-corrected chi connectivity index (χ0v) is 19.8. The van der Waals surface area contributed by atoms with Crippen LogP contribution in [0.15, 0.2) is 35.5 Å². The number of halogens is 1. The van der Waals surface area contributed by atoms with Crippen molar-refractivity contribution in [2.45, 2.75) is 19.5 Å². The van der Waals surface area contributed by atoms with Crippen molar-refractivity contribution in [1.82, 2.24) is 19.7 Å². The monoisotopic (exact) mass is 435 g/mol. The van der Waals surface area contributed by atoms with Crippen molar-refractivity contribution in [3.63, 3.8) is 0 Å². The molecule has 0 bridgehead atoms. The third-order valence-electron chi connectivity index (χ3n) is 5.00. The number of hydrogen-bond donors (Lipinski definition) is 1. The second kappa shape index (κ2) is 11.1. The molecule has 0 aliphatic rings. The van der Waals surface area contributed by atoms with E-state index in [9.17, 15) is 0 Å². The Bertz CT molecular complexity index is 850. The van der Waals surface area contributed by atoms with E-state index in [4.69, 9.17) is 26.1 Å². The number of rotatable bonds is 9. The molecule has 0 aliphatic carbocycles. The van der Waals surface area contributed by atoms with Crippen molar-refractivity contribution >= 4 is 17.6 Å². The Morgan fingerprint density at radius 3 is 2.40 bits per heavy atom. The van der Waals surface area contributed by atoms with Gasteiger partial charge >= 0.3 is 0 Å². The van der Waals surface area contributed by atoms with Crippen LogP contribution in [0.2, 0.25) is 5.02 Å². The summed E-state index contributed by atoms with van der Waals surface area (Å²) in [5.74, 6) is 2.29. The molecule has 1 atom stereocenters. The Morgan fingerprint density at radius 2 is 1.87 bits per heavy atom. The number of nitrogens with zero attached hydrogens (tertiary/aromatic N) is 4. The highest BCUT2D eigenvalue weighted by molar-refractivity contribution is 6.30. The van der Waals surface area contributed by atoms with Crippen molar-refractivity contribution in [2.24, 2.45) is 12.0 Å². The summed E-state index contributed by atoms with van der Waals surface area (Å²) in [6.07, 6.45) is 1.91. The number of hydrogen-bond acceptors (Lipinski definition) is 4. The summed E-state index contributed by atoms with van der Waals surface area (Å²) in [6, 6.07) is 8.08. The van der Waals surface area contributed by atoms with Gasteiger partial charge in [-0.25, -0.2) is 0 Å². The largest absolute Gasteiger partial charge is 0.493 e. The predicted octanol–water partition coefficient (Wildman–Crippen LogP) is 3.40. The van der Waals surface area contributed by atoms with E-state index in [0.717, 1.165) is 40.3 Å². The van der Waals surface area contributed by atoms with Gasteiger partial charge in [0.25, 0.3) is 0 Å². The van der Waals surface area contributed by atoms with Crippen LogP contribution in [0.5, 0.6) is 11.5 Å². The Labute approximate surface area is 185 Å². The number of ether oxygens (including phenoxy) is 2. The lowest BCUT2D eigenvalue weighted by molar-refractivity contribution is 0.302. The minimum absolute atomic E-state index is 0.0938. The Kier molecular flexibility index (Phi) is 8.87. The molecular weight excluding hydrogens is 402 g/mol. The van der Waals surface area contributed by atoms with Crippen molar-refractivity contribution in [3.05, 3.63) is 46.7 Å². The molecule has 1 aromatic carbocycles. The molecule has 1 N–H and O–H groups in total. The fourth-order valence-electron chi connectivity index (χ4n) is 3.31. The summed E-state index contributed by atoms with van der Waals surface area (Å²) in [5.41, 5.74) is 2.24. The number of aromatic nitrogens is 1. The van der Waals surface area contributed by atoms with Gasteiger partial charge in [-0.2, -0.15) is 0 Å². The van der Waals surface area contributed by atoms with Gasteiger partial charge in [0.1, 0.15) is 0 Å². The van der Waals surface area contributed by atoms with Gasteiger partial charge in [-0.3, -0.25) is 4.99 Å². The minimum Gasteiger partial charge on any atom is -0.493 e. The number of aliphatic imine (C=N–C) groups is 1. The molecule has 0 aliphatic heterocycles. The van der Waals surface area contributed by atoms with Gasteiger partial charge in [-0.05, 0) is 44.8 Å². The van der Waals surface area contributed by atoms with E-state index < -0.39 is 0 Å². The molecule has 2 rings (SSSR count). The van der Waals surface area contributed by atoms with Crippen LogP contribution >= 0.6 is 11.6 Å². The van der Waals surface area contributed by atoms with E-state index in [0.29, 0.717) is 13.1 Å². The molecule has 0 amide bonds. The summed E-state index contributed by atoms with van der Waals surface area (Å²) < 4.78 is 12.9. The SMILES string of the molecule is CCNC(=NCC(c1ccc(OC)c(OC)c1)N(C)C)N(C)Cc1cc(Cl)cn1C. The lowest BCUT2D eigenvalue weighted by Gasteiger charge is -2.26. The topological polar surface area (TPSA) is 54.3 Å². The fraction of sp³-hybridized carbons (Fsp3) is 0.500. The summed E-state index contributed by atoms with van der Waals surface area (Å²) in [4.78, 5) is 9.18. The molecule has 7 nitrogen and oxygen atoms in total. The maximum absolute atomic E-state index is 6.13. The third-order valence-corrected chi connectivity index (χ3v) is 5.21. The van der Waals surface area contributed by atoms with Crippen LogP contribution in [0, 0.1) is 0 Å². The first-order valence-corrected chi connectivity index (χ1v) is 10.4. The van der Waals surface area contributed by atoms with Crippen LogP contribution < -0.4 is 14.8 Å². The number of nitrogens with one attached hydrogen (secondary N) is 1. The van der Waals surface area contributed by atoms with Gasteiger partial charge in [0, 0.05) is 32.5 Å². The number of methoxy groups -OCH3 is 2. The van der Waals surface area contributed by atoms with Crippen molar-refractivity contribution in [2.75, 3.05) is 48.5 Å². The number of benzene rings is 1. The highest BCUT2D eigenvalue weighted by Gasteiger charge is 2.18. The number of guanidine groups is 1. The van der Waals surface area contributed by atoms with Crippen LogP contribution in [-0.2, 0) is 13.6 Å². The van der Waals surface area contributed by atoms with Gasteiger partial charge in [0.2, 0.25) is 0 Å². The lowest BCUT2D eigenvalue weighted by atomic mass is 10.1. The summed E-state index contributed by atoms with van der Waals surface area (Å²) in [6.45, 7) is 4.17. The van der Waals surface area contributed by atoms with Crippen molar-refractivity contribution in [3.8, 4) is 11.5 Å². The molecule has 166 valence electrons. The van der Waals surface area contributed by atoms with Crippen molar-refractivity contribution in [1.29, 1.82) is 0 Å². The number of aryl methyl sites for hydroxylation is 1. The average molecular weight is 436 g/mol. The quantitative estimate of drug-likeness (QED) is 0.483. The Hall–Kier alpha value is -2.38. The molecule has 1 heterocycles. The third kappa shape index (κ3) is 6.06. The first-order valence-electron chi connectivity index (χ1n) is 9.99. The first kappa shape index (κ1) is 23.9. The van der Waals surface area contributed by atoms with Gasteiger partial charge in [0.15, 0.2) is 17.5 Å². The van der Waals surface area contributed by atoms with Crippen molar-refractivity contribution < 1.29 is 9.47 Å². The fourth-order valence-corrected chi connectivity index (χ4v) is 3.58. The first-order chi connectivity index (χ1) is 14.3. The lowest BCUT2D eigenvalue weighted by Crippen LogP contribution is -2.39. The van der Waals surface area contributed by atoms with Gasteiger partial charge < -0.3 is 29.2 Å². The standard InChI is InChI=1S/C22H34ClN5O2/c1-8-24-22(28(5)15-18-12-17(23)14-27(18)4)25-13-19(26(2)3)16-9-10-20(29-6)21(11-16)30-7/h9-12,14,19H,8,13,15H2,1-7H3,(H,24,25). The van der Waals surface area contributed by atoms with Crippen LogP contribution in [-0.4, -0.2) is 68.8 Å². The normalized spacial score (nSPS) is 12.8. The van der Waals surface area contributed by atoms with E-state index in [2.05, 4.69) is 42.2 Å². The molecule has 0 fully saturated rings. The van der Waals surface area contributed by atoms with E-state index >= 15 is 0 Å². The number of likely N-dealkylation sites (N-methyl/N-ethyl adjacent to an activating group) is 1. The smallest absolute Gasteiger partial charge is 0.194 e. The average Bonchev–Trinajstić information content (AvgIpc) is 3.03. The second-order valence-corrected chi connectivity index (χ2v) is 7.84. The van der Waals surface area contributed by atoms with Crippen LogP contribution in [0.4, 0.5) is 0 Å². The maximum atomic E-state index is 6.13. The van der Waals surface area contributed by atoms with E-state index in [1.807, 2.05) is 43.1 Å². The minimum atomic E-state index is 0.0938. The summed E-state index contributed by atoms with van der Waals surface area (Å²) in [7, 11) is 11.4.